The molecule has 0 saturated heterocycles. The minimum Gasteiger partial charge on any atom is -0.454 e. The molecule has 0 bridgehead atoms. The van der Waals surface area contributed by atoms with Gasteiger partial charge in [-0.05, 0) is 19.1 Å². The van der Waals surface area contributed by atoms with Crippen LogP contribution in [0.3, 0.4) is 0 Å². The van der Waals surface area contributed by atoms with E-state index in [0.717, 1.165) is 10.0 Å². The highest BCUT2D eigenvalue weighted by Crippen LogP contribution is 2.35. The van der Waals surface area contributed by atoms with Crippen LogP contribution in [-0.4, -0.2) is 5.97 Å². The van der Waals surface area contributed by atoms with Crippen molar-refractivity contribution >= 4 is 21.9 Å². The minimum atomic E-state index is -0.223. The maximum atomic E-state index is 11.2. The smallest absolute Gasteiger partial charge is 0.339 e. The Morgan fingerprint density at radius 3 is 2.92 bits per heavy atom. The van der Waals surface area contributed by atoms with Crippen molar-refractivity contribution in [2.45, 2.75) is 13.0 Å². The zero-order chi connectivity index (χ0) is 8.72. The first-order valence-electron chi connectivity index (χ1n) is 3.69. The molecule has 1 aliphatic heterocycles. The van der Waals surface area contributed by atoms with Crippen molar-refractivity contribution in [2.75, 3.05) is 0 Å². The molecule has 0 amide bonds. The highest BCUT2D eigenvalue weighted by molar-refractivity contribution is 9.10. The van der Waals surface area contributed by atoms with Gasteiger partial charge in [-0.15, -0.1) is 0 Å². The average Bonchev–Trinajstić information content (AvgIpc) is 2.29. The fraction of sp³-hybridized carbons (Fsp3) is 0.222. The SMILES string of the molecule is CC1OC(=O)c2cccc(Br)c21. The Labute approximate surface area is 78.7 Å². The van der Waals surface area contributed by atoms with Crippen molar-refractivity contribution in [3.63, 3.8) is 0 Å². The molecule has 0 spiro atoms. The number of ether oxygens (including phenoxy) is 1. The number of rotatable bonds is 0. The van der Waals surface area contributed by atoms with E-state index in [2.05, 4.69) is 15.9 Å². The molecule has 0 saturated carbocycles. The first-order chi connectivity index (χ1) is 5.70. The number of halogens is 1. The quantitative estimate of drug-likeness (QED) is 0.637. The molecule has 0 aromatic heterocycles. The molecule has 1 atom stereocenters. The molecule has 2 nitrogen and oxygen atoms in total. The average molecular weight is 227 g/mol. The second kappa shape index (κ2) is 2.59. The minimum absolute atomic E-state index is 0.122. The summed E-state index contributed by atoms with van der Waals surface area (Å²) in [6.45, 7) is 1.87. The van der Waals surface area contributed by atoms with Crippen LogP contribution in [0.4, 0.5) is 0 Å². The number of benzene rings is 1. The maximum Gasteiger partial charge on any atom is 0.339 e. The Morgan fingerprint density at radius 1 is 1.50 bits per heavy atom. The number of carbonyl (C=O) groups is 1. The van der Waals surface area contributed by atoms with E-state index in [1.807, 2.05) is 19.1 Å². The van der Waals surface area contributed by atoms with Gasteiger partial charge in [0.15, 0.2) is 0 Å². The summed E-state index contributed by atoms with van der Waals surface area (Å²) < 4.78 is 5.99. The van der Waals surface area contributed by atoms with Crippen molar-refractivity contribution < 1.29 is 9.53 Å². The number of hydrogen-bond acceptors (Lipinski definition) is 2. The topological polar surface area (TPSA) is 26.3 Å². The van der Waals surface area contributed by atoms with Crippen LogP contribution in [0.2, 0.25) is 0 Å². The van der Waals surface area contributed by atoms with Gasteiger partial charge in [-0.3, -0.25) is 0 Å². The molecule has 0 radical (unpaired) electrons. The van der Waals surface area contributed by atoms with Crippen LogP contribution in [-0.2, 0) is 4.74 Å². The molecular weight excluding hydrogens is 220 g/mol. The normalized spacial score (nSPS) is 20.5. The van der Waals surface area contributed by atoms with E-state index in [9.17, 15) is 4.79 Å². The lowest BCUT2D eigenvalue weighted by Crippen LogP contribution is -1.93. The molecule has 12 heavy (non-hydrogen) atoms. The molecule has 1 aromatic carbocycles. The van der Waals surface area contributed by atoms with E-state index in [1.165, 1.54) is 0 Å². The highest BCUT2D eigenvalue weighted by atomic mass is 79.9. The van der Waals surface area contributed by atoms with Crippen LogP contribution < -0.4 is 0 Å². The fourth-order valence-electron chi connectivity index (χ4n) is 1.41. The summed E-state index contributed by atoms with van der Waals surface area (Å²) in [6.07, 6.45) is -0.122. The van der Waals surface area contributed by atoms with Crippen LogP contribution in [0.15, 0.2) is 22.7 Å². The lowest BCUT2D eigenvalue weighted by molar-refractivity contribution is 0.0421. The van der Waals surface area contributed by atoms with Crippen molar-refractivity contribution in [2.24, 2.45) is 0 Å². The van der Waals surface area contributed by atoms with E-state index in [4.69, 9.17) is 4.74 Å². The number of cyclic esters (lactones) is 1. The van der Waals surface area contributed by atoms with E-state index in [1.54, 1.807) is 6.07 Å². The van der Waals surface area contributed by atoms with Gasteiger partial charge < -0.3 is 4.74 Å². The summed E-state index contributed by atoms with van der Waals surface area (Å²) in [5.41, 5.74) is 1.64. The molecular formula is C9H7BrO2. The lowest BCUT2D eigenvalue weighted by Gasteiger charge is -2.03. The van der Waals surface area contributed by atoms with Crippen molar-refractivity contribution in [1.29, 1.82) is 0 Å². The van der Waals surface area contributed by atoms with Gasteiger partial charge in [0.05, 0.1) is 5.56 Å². The van der Waals surface area contributed by atoms with E-state index in [-0.39, 0.29) is 12.1 Å². The molecule has 3 heteroatoms. The number of carbonyl (C=O) groups excluding carboxylic acids is 1. The molecule has 0 N–H and O–H groups in total. The zero-order valence-corrected chi connectivity index (χ0v) is 8.09. The van der Waals surface area contributed by atoms with Gasteiger partial charge in [0.1, 0.15) is 6.10 Å². The van der Waals surface area contributed by atoms with Gasteiger partial charge in [0.2, 0.25) is 0 Å². The monoisotopic (exact) mass is 226 g/mol. The molecule has 0 fully saturated rings. The Balaban J connectivity index is 2.67. The second-order valence-electron chi connectivity index (χ2n) is 2.75. The van der Waals surface area contributed by atoms with E-state index >= 15 is 0 Å². The molecule has 1 aromatic rings. The van der Waals surface area contributed by atoms with Crippen LogP contribution in [0.1, 0.15) is 28.9 Å². The van der Waals surface area contributed by atoms with Crippen LogP contribution in [0, 0.1) is 0 Å². The Hall–Kier alpha value is -0.830. The fourth-order valence-corrected chi connectivity index (χ4v) is 2.10. The van der Waals surface area contributed by atoms with Crippen LogP contribution in [0.5, 0.6) is 0 Å². The Kier molecular flexibility index (Phi) is 1.68. The maximum absolute atomic E-state index is 11.2. The van der Waals surface area contributed by atoms with Gasteiger partial charge >= 0.3 is 5.97 Å². The zero-order valence-electron chi connectivity index (χ0n) is 6.50. The van der Waals surface area contributed by atoms with Crippen LogP contribution >= 0.6 is 15.9 Å². The molecule has 1 heterocycles. The van der Waals surface area contributed by atoms with Gasteiger partial charge in [-0.2, -0.15) is 0 Å². The summed E-state index contributed by atoms with van der Waals surface area (Å²) in [5, 5.41) is 0. The van der Waals surface area contributed by atoms with Crippen molar-refractivity contribution in [1.82, 2.24) is 0 Å². The molecule has 62 valence electrons. The first kappa shape index (κ1) is 7.80. The molecule has 2 rings (SSSR count). The van der Waals surface area contributed by atoms with Crippen molar-refractivity contribution in [3.8, 4) is 0 Å². The number of fused-ring (bicyclic) bond motifs is 1. The Morgan fingerprint density at radius 2 is 2.25 bits per heavy atom. The van der Waals surface area contributed by atoms with Crippen molar-refractivity contribution in [3.05, 3.63) is 33.8 Å². The van der Waals surface area contributed by atoms with Gasteiger partial charge in [-0.1, -0.05) is 22.0 Å². The number of hydrogen-bond donors (Lipinski definition) is 0. The predicted molar refractivity (Wildman–Crippen MR) is 48.0 cm³/mol. The summed E-state index contributed by atoms with van der Waals surface area (Å²) in [5.74, 6) is -0.223. The lowest BCUT2D eigenvalue weighted by atomic mass is 10.1. The summed E-state index contributed by atoms with van der Waals surface area (Å²) in [7, 11) is 0. The molecule has 0 aliphatic carbocycles. The number of esters is 1. The second-order valence-corrected chi connectivity index (χ2v) is 3.60. The standard InChI is InChI=1S/C9H7BrO2/c1-5-8-6(9(11)12-5)3-2-4-7(8)10/h2-5H,1H3. The van der Waals surface area contributed by atoms with E-state index < -0.39 is 0 Å². The van der Waals surface area contributed by atoms with Gasteiger partial charge in [0.25, 0.3) is 0 Å². The molecule has 1 unspecified atom stereocenters. The summed E-state index contributed by atoms with van der Waals surface area (Å²) in [4.78, 5) is 11.2. The van der Waals surface area contributed by atoms with Gasteiger partial charge in [0, 0.05) is 10.0 Å². The Bertz CT molecular complexity index is 346. The summed E-state index contributed by atoms with van der Waals surface area (Å²) in [6, 6.07) is 5.53. The van der Waals surface area contributed by atoms with Crippen LogP contribution in [0.25, 0.3) is 0 Å². The predicted octanol–water partition coefficient (Wildman–Crippen LogP) is 2.68. The molecule has 1 aliphatic rings. The largest absolute Gasteiger partial charge is 0.454 e. The van der Waals surface area contributed by atoms with E-state index in [0.29, 0.717) is 5.56 Å². The third-order valence-electron chi connectivity index (χ3n) is 1.96. The third kappa shape index (κ3) is 0.966. The third-order valence-corrected chi connectivity index (χ3v) is 2.65. The first-order valence-corrected chi connectivity index (χ1v) is 4.49. The summed E-state index contributed by atoms with van der Waals surface area (Å²) >= 11 is 3.38. The van der Waals surface area contributed by atoms with Gasteiger partial charge in [-0.25, -0.2) is 4.79 Å². The highest BCUT2D eigenvalue weighted by Gasteiger charge is 2.29.